The van der Waals surface area contributed by atoms with Gasteiger partial charge in [-0.05, 0) is 30.9 Å². The molecular formula is C14H20N2O. The molecule has 0 bridgehead atoms. The quantitative estimate of drug-likeness (QED) is 0.830. The van der Waals surface area contributed by atoms with Gasteiger partial charge in [-0.3, -0.25) is 0 Å². The maximum absolute atomic E-state index is 5.89. The zero-order valence-electron chi connectivity index (χ0n) is 10.3. The molecule has 1 aromatic rings. The molecule has 0 heterocycles. The first-order valence-electron chi connectivity index (χ1n) is 6.05. The normalized spacial score (nSPS) is 16.1. The largest absolute Gasteiger partial charge is 0.496 e. The summed E-state index contributed by atoms with van der Waals surface area (Å²) in [6.45, 7) is 0.544. The molecule has 4 N–H and O–H groups in total. The van der Waals surface area contributed by atoms with Crippen LogP contribution < -0.4 is 16.2 Å². The van der Waals surface area contributed by atoms with Crippen LogP contribution in [0.15, 0.2) is 23.8 Å². The molecule has 0 radical (unpaired) electrons. The molecule has 1 aromatic carbocycles. The van der Waals surface area contributed by atoms with Gasteiger partial charge in [0.25, 0.3) is 0 Å². The summed E-state index contributed by atoms with van der Waals surface area (Å²) in [6, 6.07) is 6.25. The van der Waals surface area contributed by atoms with Crippen LogP contribution in [0.2, 0.25) is 0 Å². The highest BCUT2D eigenvalue weighted by molar-refractivity contribution is 5.63. The Labute approximate surface area is 102 Å². The van der Waals surface area contributed by atoms with E-state index in [1.165, 1.54) is 16.7 Å². The van der Waals surface area contributed by atoms with E-state index in [1.807, 2.05) is 12.1 Å². The molecule has 0 fully saturated rings. The Morgan fingerprint density at radius 1 is 1.35 bits per heavy atom. The summed E-state index contributed by atoms with van der Waals surface area (Å²) in [5.41, 5.74) is 15.4. The van der Waals surface area contributed by atoms with Crippen LogP contribution in [0.1, 0.15) is 24.0 Å². The van der Waals surface area contributed by atoms with Gasteiger partial charge in [-0.15, -0.1) is 0 Å². The van der Waals surface area contributed by atoms with Crippen molar-refractivity contribution in [2.24, 2.45) is 11.5 Å². The van der Waals surface area contributed by atoms with Gasteiger partial charge in [-0.25, -0.2) is 0 Å². The lowest BCUT2D eigenvalue weighted by Crippen LogP contribution is -2.30. The Morgan fingerprint density at radius 2 is 2.18 bits per heavy atom. The summed E-state index contributed by atoms with van der Waals surface area (Å²) in [5, 5.41) is 0. The van der Waals surface area contributed by atoms with Crippen LogP contribution in [0, 0.1) is 0 Å². The Morgan fingerprint density at radius 3 is 2.88 bits per heavy atom. The highest BCUT2D eigenvalue weighted by Crippen LogP contribution is 2.32. The van der Waals surface area contributed by atoms with E-state index in [1.54, 1.807) is 7.11 Å². The summed E-state index contributed by atoms with van der Waals surface area (Å²) in [5.74, 6) is 0.987. The number of hydrogen-bond donors (Lipinski definition) is 2. The minimum Gasteiger partial charge on any atom is -0.496 e. The SMILES string of the molecule is COc1cccc2c1CCC(CC(N)CN)=C2. The zero-order chi connectivity index (χ0) is 12.3. The van der Waals surface area contributed by atoms with E-state index in [4.69, 9.17) is 16.2 Å². The molecule has 17 heavy (non-hydrogen) atoms. The van der Waals surface area contributed by atoms with Crippen molar-refractivity contribution in [1.29, 1.82) is 0 Å². The molecule has 1 unspecified atom stereocenters. The second-order valence-corrected chi connectivity index (χ2v) is 4.53. The fourth-order valence-corrected chi connectivity index (χ4v) is 2.34. The molecule has 1 aliphatic carbocycles. The van der Waals surface area contributed by atoms with E-state index in [0.29, 0.717) is 6.54 Å². The van der Waals surface area contributed by atoms with E-state index in [2.05, 4.69) is 12.1 Å². The van der Waals surface area contributed by atoms with Crippen molar-refractivity contribution in [3.8, 4) is 5.75 Å². The number of ether oxygens (including phenoxy) is 1. The third kappa shape index (κ3) is 2.68. The van der Waals surface area contributed by atoms with Crippen LogP contribution in [0.4, 0.5) is 0 Å². The maximum Gasteiger partial charge on any atom is 0.122 e. The third-order valence-corrected chi connectivity index (χ3v) is 3.27. The van der Waals surface area contributed by atoms with Gasteiger partial charge >= 0.3 is 0 Å². The predicted octanol–water partition coefficient (Wildman–Crippen LogP) is 1.70. The lowest BCUT2D eigenvalue weighted by Gasteiger charge is -2.20. The average Bonchev–Trinajstić information content (AvgIpc) is 2.37. The fraction of sp³-hybridized carbons (Fsp3) is 0.429. The van der Waals surface area contributed by atoms with Crippen molar-refractivity contribution in [2.75, 3.05) is 13.7 Å². The molecule has 0 saturated heterocycles. The summed E-state index contributed by atoms with van der Waals surface area (Å²) >= 11 is 0. The minimum atomic E-state index is 0.0772. The van der Waals surface area contributed by atoms with Crippen LogP contribution in [0.25, 0.3) is 6.08 Å². The van der Waals surface area contributed by atoms with Gasteiger partial charge in [0.15, 0.2) is 0 Å². The van der Waals surface area contributed by atoms with Gasteiger partial charge in [-0.1, -0.05) is 23.8 Å². The van der Waals surface area contributed by atoms with Gasteiger partial charge in [0, 0.05) is 18.2 Å². The summed E-state index contributed by atoms with van der Waals surface area (Å²) in [7, 11) is 1.72. The molecule has 0 amide bonds. The summed E-state index contributed by atoms with van der Waals surface area (Å²) in [4.78, 5) is 0. The van der Waals surface area contributed by atoms with Gasteiger partial charge in [0.05, 0.1) is 7.11 Å². The molecule has 0 aliphatic heterocycles. The van der Waals surface area contributed by atoms with Crippen molar-refractivity contribution in [3.63, 3.8) is 0 Å². The highest BCUT2D eigenvalue weighted by Gasteiger charge is 2.15. The van der Waals surface area contributed by atoms with Gasteiger partial charge in [0.2, 0.25) is 0 Å². The maximum atomic E-state index is 5.89. The number of rotatable bonds is 4. The van der Waals surface area contributed by atoms with E-state index in [9.17, 15) is 0 Å². The van der Waals surface area contributed by atoms with Crippen molar-refractivity contribution in [2.45, 2.75) is 25.3 Å². The van der Waals surface area contributed by atoms with Crippen LogP contribution in [0.3, 0.4) is 0 Å². The molecule has 92 valence electrons. The highest BCUT2D eigenvalue weighted by atomic mass is 16.5. The monoisotopic (exact) mass is 232 g/mol. The molecular weight excluding hydrogens is 212 g/mol. The minimum absolute atomic E-state index is 0.0772. The lowest BCUT2D eigenvalue weighted by atomic mass is 9.89. The first-order chi connectivity index (χ1) is 8.24. The fourth-order valence-electron chi connectivity index (χ4n) is 2.34. The number of benzene rings is 1. The van der Waals surface area contributed by atoms with Crippen LogP contribution >= 0.6 is 0 Å². The third-order valence-electron chi connectivity index (χ3n) is 3.27. The molecule has 0 aromatic heterocycles. The van der Waals surface area contributed by atoms with E-state index in [-0.39, 0.29) is 6.04 Å². The van der Waals surface area contributed by atoms with Crippen molar-refractivity contribution >= 4 is 6.08 Å². The summed E-state index contributed by atoms with van der Waals surface area (Å²) in [6.07, 6.45) is 5.22. The van der Waals surface area contributed by atoms with E-state index < -0.39 is 0 Å². The number of hydrogen-bond acceptors (Lipinski definition) is 3. The van der Waals surface area contributed by atoms with Crippen molar-refractivity contribution in [3.05, 3.63) is 34.9 Å². The Bertz CT molecular complexity index is 426. The zero-order valence-corrected chi connectivity index (χ0v) is 10.3. The predicted molar refractivity (Wildman–Crippen MR) is 70.9 cm³/mol. The Balaban J connectivity index is 2.23. The van der Waals surface area contributed by atoms with E-state index in [0.717, 1.165) is 25.0 Å². The smallest absolute Gasteiger partial charge is 0.122 e. The molecule has 3 nitrogen and oxygen atoms in total. The molecule has 2 rings (SSSR count). The standard InChI is InChI=1S/C14H20N2O/c1-17-14-4-2-3-11-7-10(5-6-13(11)14)8-12(16)9-15/h2-4,7,12H,5-6,8-9,15-16H2,1H3. The van der Waals surface area contributed by atoms with Crippen LogP contribution in [0.5, 0.6) is 5.75 Å². The molecule has 1 aliphatic rings. The summed E-state index contributed by atoms with van der Waals surface area (Å²) < 4.78 is 5.38. The Hall–Kier alpha value is -1.32. The van der Waals surface area contributed by atoms with Crippen molar-refractivity contribution in [1.82, 2.24) is 0 Å². The topological polar surface area (TPSA) is 61.3 Å². The first kappa shape index (κ1) is 12.1. The van der Waals surface area contributed by atoms with Crippen LogP contribution in [-0.4, -0.2) is 19.7 Å². The number of fused-ring (bicyclic) bond motifs is 1. The molecule has 3 heteroatoms. The van der Waals surface area contributed by atoms with E-state index >= 15 is 0 Å². The number of nitrogens with two attached hydrogens (primary N) is 2. The average molecular weight is 232 g/mol. The van der Waals surface area contributed by atoms with Crippen LogP contribution in [-0.2, 0) is 6.42 Å². The second kappa shape index (κ2) is 5.34. The van der Waals surface area contributed by atoms with Gasteiger partial charge in [0.1, 0.15) is 5.75 Å². The first-order valence-corrected chi connectivity index (χ1v) is 6.05. The lowest BCUT2D eigenvalue weighted by molar-refractivity contribution is 0.409. The molecule has 1 atom stereocenters. The van der Waals surface area contributed by atoms with Crippen molar-refractivity contribution < 1.29 is 4.74 Å². The van der Waals surface area contributed by atoms with Gasteiger partial charge in [-0.2, -0.15) is 0 Å². The Kier molecular flexibility index (Phi) is 3.82. The number of methoxy groups -OCH3 is 1. The second-order valence-electron chi connectivity index (χ2n) is 4.53. The molecule has 0 spiro atoms. The molecule has 0 saturated carbocycles. The van der Waals surface area contributed by atoms with Gasteiger partial charge < -0.3 is 16.2 Å².